The molecule has 0 spiro atoms. The molecule has 7 nitrogen and oxygen atoms in total. The largest absolute Gasteiger partial charge is 0.507 e. The SMILES string of the molecule is Nc1ccc(C(=O)Nc2ccc(O)c(C(=O)O)c2)o1. The van der Waals surface area contributed by atoms with Crippen LogP contribution < -0.4 is 11.1 Å². The number of phenols is 1. The minimum Gasteiger partial charge on any atom is -0.507 e. The Morgan fingerprint density at radius 1 is 1.21 bits per heavy atom. The highest BCUT2D eigenvalue weighted by molar-refractivity contribution is 6.03. The number of nitrogen functional groups attached to an aromatic ring is 1. The van der Waals surface area contributed by atoms with E-state index in [1.54, 1.807) is 0 Å². The molecule has 0 radical (unpaired) electrons. The van der Waals surface area contributed by atoms with E-state index in [4.69, 9.17) is 15.3 Å². The van der Waals surface area contributed by atoms with Gasteiger partial charge in [0.1, 0.15) is 11.3 Å². The Bertz CT molecular complexity index is 647. The van der Waals surface area contributed by atoms with E-state index < -0.39 is 11.9 Å². The van der Waals surface area contributed by atoms with Gasteiger partial charge in [-0.3, -0.25) is 4.79 Å². The minimum absolute atomic E-state index is 0.00227. The summed E-state index contributed by atoms with van der Waals surface area (Å²) in [6.07, 6.45) is 0. The Morgan fingerprint density at radius 2 is 1.95 bits per heavy atom. The fourth-order valence-electron chi connectivity index (χ4n) is 1.45. The molecule has 5 N–H and O–H groups in total. The Hall–Kier alpha value is -2.96. The number of nitrogens with one attached hydrogen (secondary N) is 1. The van der Waals surface area contributed by atoms with Gasteiger partial charge in [-0.1, -0.05) is 0 Å². The molecule has 1 aromatic carbocycles. The van der Waals surface area contributed by atoms with Gasteiger partial charge in [0.2, 0.25) is 0 Å². The molecule has 2 rings (SSSR count). The Kier molecular flexibility index (Phi) is 3.11. The summed E-state index contributed by atoms with van der Waals surface area (Å²) in [6.45, 7) is 0. The van der Waals surface area contributed by atoms with Crippen LogP contribution in [0, 0.1) is 0 Å². The van der Waals surface area contributed by atoms with Crippen molar-refractivity contribution in [3.63, 3.8) is 0 Å². The first-order chi connectivity index (χ1) is 8.97. The number of aromatic hydroxyl groups is 1. The van der Waals surface area contributed by atoms with Crippen LogP contribution in [-0.2, 0) is 0 Å². The number of amides is 1. The normalized spacial score (nSPS) is 10.1. The summed E-state index contributed by atoms with van der Waals surface area (Å²) < 4.78 is 4.92. The molecule has 1 heterocycles. The number of carbonyl (C=O) groups is 2. The van der Waals surface area contributed by atoms with Crippen molar-refractivity contribution >= 4 is 23.4 Å². The van der Waals surface area contributed by atoms with Crippen LogP contribution in [0.25, 0.3) is 0 Å². The van der Waals surface area contributed by atoms with Gasteiger partial charge in [-0.15, -0.1) is 0 Å². The summed E-state index contributed by atoms with van der Waals surface area (Å²) in [5, 5.41) is 20.6. The van der Waals surface area contributed by atoms with Gasteiger partial charge in [0.05, 0.1) is 0 Å². The van der Waals surface area contributed by atoms with E-state index >= 15 is 0 Å². The molecule has 0 aliphatic rings. The van der Waals surface area contributed by atoms with Crippen LogP contribution in [0.2, 0.25) is 0 Å². The first-order valence-corrected chi connectivity index (χ1v) is 5.20. The van der Waals surface area contributed by atoms with Crippen molar-refractivity contribution in [3.8, 4) is 5.75 Å². The molecule has 19 heavy (non-hydrogen) atoms. The molecule has 7 heteroatoms. The van der Waals surface area contributed by atoms with Crippen molar-refractivity contribution in [1.82, 2.24) is 0 Å². The summed E-state index contributed by atoms with van der Waals surface area (Å²) >= 11 is 0. The summed E-state index contributed by atoms with van der Waals surface area (Å²) in [5.74, 6) is -2.15. The maximum absolute atomic E-state index is 11.7. The lowest BCUT2D eigenvalue weighted by Gasteiger charge is -2.05. The molecule has 0 bridgehead atoms. The number of carbonyl (C=O) groups excluding carboxylic acids is 1. The third-order valence-electron chi connectivity index (χ3n) is 2.34. The number of anilines is 2. The van der Waals surface area contributed by atoms with Crippen LogP contribution in [0.15, 0.2) is 34.7 Å². The van der Waals surface area contributed by atoms with Gasteiger partial charge in [0, 0.05) is 11.8 Å². The summed E-state index contributed by atoms with van der Waals surface area (Å²) in [7, 11) is 0. The van der Waals surface area contributed by atoms with Crippen LogP contribution in [0.1, 0.15) is 20.9 Å². The molecule has 0 aliphatic heterocycles. The first-order valence-electron chi connectivity index (χ1n) is 5.20. The number of hydrogen-bond acceptors (Lipinski definition) is 5. The average Bonchev–Trinajstić information content (AvgIpc) is 2.78. The molecule has 98 valence electrons. The van der Waals surface area contributed by atoms with E-state index in [9.17, 15) is 14.7 Å². The second-order valence-corrected chi connectivity index (χ2v) is 3.69. The number of nitrogens with two attached hydrogens (primary N) is 1. The minimum atomic E-state index is -1.30. The van der Waals surface area contributed by atoms with Gasteiger partial charge >= 0.3 is 5.97 Å². The standard InChI is InChI=1S/C12H10N2O5/c13-10-4-3-9(19-10)11(16)14-6-1-2-8(15)7(5-6)12(17)18/h1-5,15H,13H2,(H,14,16)(H,17,18). The highest BCUT2D eigenvalue weighted by Crippen LogP contribution is 2.22. The predicted molar refractivity (Wildman–Crippen MR) is 66.1 cm³/mol. The predicted octanol–water partition coefficient (Wildman–Crippen LogP) is 1.52. The van der Waals surface area contributed by atoms with E-state index in [1.807, 2.05) is 0 Å². The van der Waals surface area contributed by atoms with E-state index in [0.717, 1.165) is 6.07 Å². The molecule has 1 amide bonds. The highest BCUT2D eigenvalue weighted by Gasteiger charge is 2.14. The monoisotopic (exact) mass is 262 g/mol. The van der Waals surface area contributed by atoms with E-state index in [1.165, 1.54) is 24.3 Å². The van der Waals surface area contributed by atoms with Gasteiger partial charge in [-0.25, -0.2) is 4.79 Å². The third kappa shape index (κ3) is 2.65. The lowest BCUT2D eigenvalue weighted by atomic mass is 10.2. The fourth-order valence-corrected chi connectivity index (χ4v) is 1.45. The number of carboxylic acid groups (broad SMARTS) is 1. The first kappa shape index (κ1) is 12.5. The van der Waals surface area contributed by atoms with Gasteiger partial charge in [-0.05, 0) is 24.3 Å². The second kappa shape index (κ2) is 4.73. The van der Waals surface area contributed by atoms with E-state index in [0.29, 0.717) is 0 Å². The number of hydrogen-bond donors (Lipinski definition) is 4. The molecule has 0 saturated carbocycles. The molecular weight excluding hydrogens is 252 g/mol. The maximum Gasteiger partial charge on any atom is 0.339 e. The molecular formula is C12H10N2O5. The maximum atomic E-state index is 11.7. The van der Waals surface area contributed by atoms with Gasteiger partial charge in [-0.2, -0.15) is 0 Å². The van der Waals surface area contributed by atoms with Crippen molar-refractivity contribution in [1.29, 1.82) is 0 Å². The highest BCUT2D eigenvalue weighted by atomic mass is 16.4. The molecule has 1 aromatic heterocycles. The van der Waals surface area contributed by atoms with Crippen LogP contribution in [0.5, 0.6) is 5.75 Å². The second-order valence-electron chi connectivity index (χ2n) is 3.69. The zero-order valence-electron chi connectivity index (χ0n) is 9.58. The third-order valence-corrected chi connectivity index (χ3v) is 2.34. The van der Waals surface area contributed by atoms with Gasteiger partial charge < -0.3 is 25.7 Å². The van der Waals surface area contributed by atoms with Crippen LogP contribution in [0.3, 0.4) is 0 Å². The molecule has 2 aromatic rings. The zero-order valence-corrected chi connectivity index (χ0v) is 9.58. The summed E-state index contributed by atoms with van der Waals surface area (Å²) in [4.78, 5) is 22.5. The van der Waals surface area contributed by atoms with Crippen LogP contribution in [0.4, 0.5) is 11.6 Å². The van der Waals surface area contributed by atoms with Gasteiger partial charge in [0.25, 0.3) is 5.91 Å². The summed E-state index contributed by atoms with van der Waals surface area (Å²) in [6, 6.07) is 6.50. The van der Waals surface area contributed by atoms with E-state index in [-0.39, 0.29) is 28.6 Å². The van der Waals surface area contributed by atoms with Crippen molar-refractivity contribution < 1.29 is 24.2 Å². The Labute approximate surface area is 107 Å². The van der Waals surface area contributed by atoms with Crippen molar-refractivity contribution in [2.75, 3.05) is 11.1 Å². The lowest BCUT2D eigenvalue weighted by molar-refractivity contribution is 0.0693. The van der Waals surface area contributed by atoms with Gasteiger partial charge in [0.15, 0.2) is 11.6 Å². The molecule has 0 saturated heterocycles. The smallest absolute Gasteiger partial charge is 0.339 e. The number of aromatic carboxylic acids is 1. The zero-order chi connectivity index (χ0) is 14.0. The molecule has 0 aliphatic carbocycles. The van der Waals surface area contributed by atoms with Crippen LogP contribution in [-0.4, -0.2) is 22.1 Å². The number of carboxylic acids is 1. The fraction of sp³-hybridized carbons (Fsp3) is 0. The van der Waals surface area contributed by atoms with Crippen LogP contribution >= 0.6 is 0 Å². The average molecular weight is 262 g/mol. The van der Waals surface area contributed by atoms with Crippen molar-refractivity contribution in [3.05, 3.63) is 41.7 Å². The number of furan rings is 1. The topological polar surface area (TPSA) is 126 Å². The Morgan fingerprint density at radius 3 is 2.53 bits per heavy atom. The molecule has 0 fully saturated rings. The summed E-state index contributed by atoms with van der Waals surface area (Å²) in [5.41, 5.74) is 5.25. The molecule has 0 atom stereocenters. The number of benzene rings is 1. The quantitative estimate of drug-likeness (QED) is 0.621. The number of rotatable bonds is 3. The molecule has 0 unspecified atom stereocenters. The lowest BCUT2D eigenvalue weighted by Crippen LogP contribution is -2.11. The van der Waals surface area contributed by atoms with Crippen molar-refractivity contribution in [2.45, 2.75) is 0 Å². The Balaban J connectivity index is 2.22. The van der Waals surface area contributed by atoms with Crippen molar-refractivity contribution in [2.24, 2.45) is 0 Å². The van der Waals surface area contributed by atoms with E-state index in [2.05, 4.69) is 5.32 Å².